The molecular formula is C16H20ClN3. The smallest absolute Gasteiger partial charge is 0.141 e. The summed E-state index contributed by atoms with van der Waals surface area (Å²) in [5.74, 6) is 1.29. The lowest BCUT2D eigenvalue weighted by atomic mass is 9.82. The molecule has 0 aliphatic heterocycles. The fourth-order valence-corrected chi connectivity index (χ4v) is 3.33. The number of hydrogen-bond donors (Lipinski definition) is 1. The fraction of sp³-hybridized carbons (Fsp3) is 0.438. The van der Waals surface area contributed by atoms with Crippen molar-refractivity contribution in [1.29, 1.82) is 0 Å². The summed E-state index contributed by atoms with van der Waals surface area (Å²) in [6.07, 6.45) is 4.59. The molecule has 1 aliphatic rings. The predicted molar refractivity (Wildman–Crippen MR) is 83.1 cm³/mol. The van der Waals surface area contributed by atoms with Gasteiger partial charge in [0.25, 0.3) is 0 Å². The molecule has 1 saturated carbocycles. The van der Waals surface area contributed by atoms with Gasteiger partial charge in [-0.3, -0.25) is 0 Å². The number of nitrogens with zero attached hydrogens (tertiary/aromatic N) is 2. The summed E-state index contributed by atoms with van der Waals surface area (Å²) in [6.45, 7) is 1.91. The van der Waals surface area contributed by atoms with Gasteiger partial charge in [-0.1, -0.05) is 41.9 Å². The third kappa shape index (κ3) is 2.42. The molecule has 1 fully saturated rings. The second-order valence-corrected chi connectivity index (χ2v) is 6.02. The minimum atomic E-state index is 0.390. The largest absolute Gasteiger partial charge is 0.383 e. The van der Waals surface area contributed by atoms with Gasteiger partial charge in [0.1, 0.15) is 10.8 Å². The number of nitrogen functional groups attached to an aromatic ring is 1. The van der Waals surface area contributed by atoms with E-state index in [1.54, 1.807) is 0 Å². The van der Waals surface area contributed by atoms with Gasteiger partial charge in [-0.2, -0.15) is 5.10 Å². The molecule has 0 spiro atoms. The minimum Gasteiger partial charge on any atom is -0.383 e. The van der Waals surface area contributed by atoms with Crippen molar-refractivity contribution < 1.29 is 0 Å². The Bertz CT molecular complexity index is 583. The summed E-state index contributed by atoms with van der Waals surface area (Å²) in [5.41, 5.74) is 8.33. The molecule has 20 heavy (non-hydrogen) atoms. The van der Waals surface area contributed by atoms with Crippen LogP contribution in [0, 0.1) is 6.92 Å². The number of nitrogens with two attached hydrogens (primary N) is 1. The van der Waals surface area contributed by atoms with Crippen molar-refractivity contribution in [3.8, 4) is 0 Å². The third-order valence-corrected chi connectivity index (χ3v) is 4.83. The molecule has 106 valence electrons. The second kappa shape index (κ2) is 5.49. The molecule has 0 radical (unpaired) electrons. The monoisotopic (exact) mass is 289 g/mol. The van der Waals surface area contributed by atoms with Crippen LogP contribution in [0.5, 0.6) is 0 Å². The molecule has 2 aromatic rings. The number of rotatable bonds is 2. The van der Waals surface area contributed by atoms with Crippen molar-refractivity contribution in [1.82, 2.24) is 9.78 Å². The number of halogens is 1. The van der Waals surface area contributed by atoms with Crippen LogP contribution < -0.4 is 5.73 Å². The van der Waals surface area contributed by atoms with Gasteiger partial charge in [0.05, 0.1) is 11.7 Å². The summed E-state index contributed by atoms with van der Waals surface area (Å²) >= 11 is 6.13. The maximum atomic E-state index is 6.13. The van der Waals surface area contributed by atoms with Crippen molar-refractivity contribution in [2.24, 2.45) is 0 Å². The zero-order valence-electron chi connectivity index (χ0n) is 11.7. The van der Waals surface area contributed by atoms with Crippen LogP contribution >= 0.6 is 11.6 Å². The lowest BCUT2D eigenvalue weighted by Gasteiger charge is -2.29. The van der Waals surface area contributed by atoms with Crippen molar-refractivity contribution in [3.63, 3.8) is 0 Å². The minimum absolute atomic E-state index is 0.390. The molecule has 4 heteroatoms. The molecule has 0 atom stereocenters. The Balaban J connectivity index is 1.71. The summed E-state index contributed by atoms with van der Waals surface area (Å²) < 4.78 is 1.93. The number of anilines is 1. The third-order valence-electron chi connectivity index (χ3n) is 4.36. The van der Waals surface area contributed by atoms with Crippen LogP contribution in [0.4, 0.5) is 5.82 Å². The Labute approximate surface area is 124 Å². The van der Waals surface area contributed by atoms with Crippen LogP contribution in [0.2, 0.25) is 5.02 Å². The maximum Gasteiger partial charge on any atom is 0.141 e. The lowest BCUT2D eigenvalue weighted by Crippen LogP contribution is -2.19. The van der Waals surface area contributed by atoms with Gasteiger partial charge in [0, 0.05) is 0 Å². The quantitative estimate of drug-likeness (QED) is 0.894. The number of aryl methyl sites for hydroxylation is 1. The second-order valence-electron chi connectivity index (χ2n) is 5.65. The van der Waals surface area contributed by atoms with Gasteiger partial charge >= 0.3 is 0 Å². The first-order valence-electron chi connectivity index (χ1n) is 7.22. The molecule has 1 aromatic carbocycles. The Kier molecular flexibility index (Phi) is 3.70. The average Bonchev–Trinajstić information content (AvgIpc) is 2.76. The van der Waals surface area contributed by atoms with Gasteiger partial charge in [-0.15, -0.1) is 0 Å². The van der Waals surface area contributed by atoms with Crippen molar-refractivity contribution in [2.45, 2.75) is 44.6 Å². The predicted octanol–water partition coefficient (Wildman–Crippen LogP) is 4.33. The van der Waals surface area contributed by atoms with E-state index in [4.69, 9.17) is 17.3 Å². The van der Waals surface area contributed by atoms with E-state index >= 15 is 0 Å². The van der Waals surface area contributed by atoms with Crippen molar-refractivity contribution in [2.75, 3.05) is 5.73 Å². The first-order valence-corrected chi connectivity index (χ1v) is 7.59. The van der Waals surface area contributed by atoms with Gasteiger partial charge in [0.2, 0.25) is 0 Å². The summed E-state index contributed by atoms with van der Waals surface area (Å²) in [5, 5.41) is 5.10. The van der Waals surface area contributed by atoms with Gasteiger partial charge < -0.3 is 5.73 Å². The fourth-order valence-electron chi connectivity index (χ4n) is 3.20. The van der Waals surface area contributed by atoms with E-state index in [0.29, 0.717) is 22.8 Å². The van der Waals surface area contributed by atoms with Crippen LogP contribution in [0.25, 0.3) is 0 Å². The van der Waals surface area contributed by atoms with Crippen LogP contribution in [-0.4, -0.2) is 9.78 Å². The highest BCUT2D eigenvalue weighted by molar-refractivity contribution is 6.33. The van der Waals surface area contributed by atoms with Gasteiger partial charge in [0.15, 0.2) is 0 Å². The van der Waals surface area contributed by atoms with E-state index in [1.807, 2.05) is 11.6 Å². The normalized spacial score (nSPS) is 22.9. The number of aromatic nitrogens is 2. The van der Waals surface area contributed by atoms with Gasteiger partial charge in [-0.25, -0.2) is 4.68 Å². The van der Waals surface area contributed by atoms with E-state index in [1.165, 1.54) is 18.4 Å². The molecule has 3 rings (SSSR count). The van der Waals surface area contributed by atoms with E-state index in [-0.39, 0.29) is 0 Å². The molecule has 1 aromatic heterocycles. The van der Waals surface area contributed by atoms with Crippen LogP contribution in [0.3, 0.4) is 0 Å². The molecule has 3 nitrogen and oxygen atoms in total. The standard InChI is InChI=1S/C16H20ClN3/c1-11-15(17)16(18)20(19-11)14-9-7-13(8-10-14)12-5-3-2-4-6-12/h2-6,13-14H,7-10,18H2,1H3. The van der Waals surface area contributed by atoms with Crippen LogP contribution in [0.1, 0.15) is 48.9 Å². The Morgan fingerprint density at radius 3 is 2.35 bits per heavy atom. The van der Waals surface area contributed by atoms with Gasteiger partial charge in [-0.05, 0) is 44.1 Å². The SMILES string of the molecule is Cc1nn(C2CCC(c3ccccc3)CC2)c(N)c1Cl. The van der Waals surface area contributed by atoms with E-state index in [2.05, 4.69) is 35.4 Å². The molecule has 0 amide bonds. The Morgan fingerprint density at radius 1 is 1.15 bits per heavy atom. The molecule has 0 unspecified atom stereocenters. The molecule has 1 heterocycles. The Hall–Kier alpha value is -1.48. The highest BCUT2D eigenvalue weighted by Gasteiger charge is 2.26. The number of hydrogen-bond acceptors (Lipinski definition) is 2. The highest BCUT2D eigenvalue weighted by atomic mass is 35.5. The zero-order valence-corrected chi connectivity index (χ0v) is 12.5. The first-order chi connectivity index (χ1) is 9.66. The van der Waals surface area contributed by atoms with E-state index in [9.17, 15) is 0 Å². The lowest BCUT2D eigenvalue weighted by molar-refractivity contribution is 0.306. The van der Waals surface area contributed by atoms with Crippen molar-refractivity contribution >= 4 is 17.4 Å². The molecule has 0 saturated heterocycles. The highest BCUT2D eigenvalue weighted by Crippen LogP contribution is 2.39. The Morgan fingerprint density at radius 2 is 1.80 bits per heavy atom. The van der Waals surface area contributed by atoms with Crippen molar-refractivity contribution in [3.05, 3.63) is 46.6 Å². The average molecular weight is 290 g/mol. The topological polar surface area (TPSA) is 43.8 Å². The van der Waals surface area contributed by atoms with E-state index < -0.39 is 0 Å². The molecular weight excluding hydrogens is 270 g/mol. The molecule has 0 bridgehead atoms. The first kappa shape index (κ1) is 13.5. The van der Waals surface area contributed by atoms with Crippen LogP contribution in [-0.2, 0) is 0 Å². The van der Waals surface area contributed by atoms with E-state index in [0.717, 1.165) is 18.5 Å². The molecule has 1 aliphatic carbocycles. The summed E-state index contributed by atoms with van der Waals surface area (Å²) in [6, 6.07) is 11.2. The summed E-state index contributed by atoms with van der Waals surface area (Å²) in [7, 11) is 0. The zero-order chi connectivity index (χ0) is 14.1. The van der Waals surface area contributed by atoms with Crippen LogP contribution in [0.15, 0.2) is 30.3 Å². The number of benzene rings is 1. The maximum absolute atomic E-state index is 6.13. The molecule has 2 N–H and O–H groups in total. The summed E-state index contributed by atoms with van der Waals surface area (Å²) in [4.78, 5) is 0.